The first-order chi connectivity index (χ1) is 23.1. The molecule has 3 aliphatic rings. The van der Waals surface area contributed by atoms with Gasteiger partial charge >= 0.3 is 0 Å². The maximum atomic E-state index is 15.6. The fourth-order valence-corrected chi connectivity index (χ4v) is 7.88. The van der Waals surface area contributed by atoms with E-state index < -0.39 is 17.2 Å². The van der Waals surface area contributed by atoms with Crippen LogP contribution in [0.15, 0.2) is 109 Å². The van der Waals surface area contributed by atoms with Crippen LogP contribution in [0.25, 0.3) is 22.4 Å². The zero-order chi connectivity index (χ0) is 32.0. The summed E-state index contributed by atoms with van der Waals surface area (Å²) in [4.78, 5) is 9.36. The summed E-state index contributed by atoms with van der Waals surface area (Å²) < 4.78 is 32.5. The van der Waals surface area contributed by atoms with Gasteiger partial charge in [0.2, 0.25) is 0 Å². The molecule has 1 N–H and O–H groups in total. The highest BCUT2D eigenvalue weighted by atomic mass is 19.1. The van der Waals surface area contributed by atoms with Crippen molar-refractivity contribution in [1.82, 2.24) is 19.7 Å². The second-order valence-corrected chi connectivity index (χ2v) is 12.7. The minimum atomic E-state index is -1.06. The lowest BCUT2D eigenvalue weighted by atomic mass is 9.68. The van der Waals surface area contributed by atoms with Crippen molar-refractivity contribution in [2.45, 2.75) is 43.7 Å². The third kappa shape index (κ3) is 4.85. The van der Waals surface area contributed by atoms with E-state index in [0.717, 1.165) is 36.0 Å². The van der Waals surface area contributed by atoms with Gasteiger partial charge in [-0.2, -0.15) is 10.4 Å². The predicted octanol–water partition coefficient (Wildman–Crippen LogP) is 8.47. The topological polar surface area (TPSA) is 79.4 Å². The first-order valence-corrected chi connectivity index (χ1v) is 16.1. The number of fused-ring (bicyclic) bond motifs is 4. The van der Waals surface area contributed by atoms with E-state index in [1.807, 2.05) is 91.0 Å². The molecule has 0 radical (unpaired) electrons. The second-order valence-electron chi connectivity index (χ2n) is 12.7. The Kier molecular flexibility index (Phi) is 7.25. The SMILES string of the molecule is N#Cc1cc(F)c(NC2CC3CCC2CC3)nc1-c1nn(C(c2ccccc2)(c2ccccc2)c2ccccc2)c2ncc(F)cc12. The van der Waals surface area contributed by atoms with E-state index in [1.165, 1.54) is 31.2 Å². The van der Waals surface area contributed by atoms with E-state index in [2.05, 4.69) is 16.4 Å². The Morgan fingerprint density at radius 2 is 1.38 bits per heavy atom. The number of benzene rings is 3. The molecule has 3 fully saturated rings. The molecule has 9 rings (SSSR count). The Hall–Kier alpha value is -5.42. The second kappa shape index (κ2) is 11.7. The molecule has 232 valence electrons. The molecule has 8 heteroatoms. The Bertz CT molecular complexity index is 2000. The summed E-state index contributed by atoms with van der Waals surface area (Å²) in [6, 6.07) is 34.7. The van der Waals surface area contributed by atoms with Crippen LogP contribution in [0.2, 0.25) is 0 Å². The highest BCUT2D eigenvalue weighted by Gasteiger charge is 2.42. The first kappa shape index (κ1) is 29.0. The normalized spacial score (nSPS) is 19.0. The molecule has 3 heterocycles. The van der Waals surface area contributed by atoms with E-state index >= 15 is 8.78 Å². The highest BCUT2D eigenvalue weighted by Crippen LogP contribution is 2.45. The minimum absolute atomic E-state index is 0.0127. The Morgan fingerprint density at radius 1 is 0.787 bits per heavy atom. The molecule has 3 aliphatic carbocycles. The number of nitrogens with zero attached hydrogens (tertiary/aromatic N) is 5. The predicted molar refractivity (Wildman–Crippen MR) is 177 cm³/mol. The summed E-state index contributed by atoms with van der Waals surface area (Å²) in [5, 5.41) is 19.2. The first-order valence-electron chi connectivity index (χ1n) is 16.1. The smallest absolute Gasteiger partial charge is 0.166 e. The van der Waals surface area contributed by atoms with Gasteiger partial charge in [-0.15, -0.1) is 0 Å². The number of pyridine rings is 2. The molecule has 0 aliphatic heterocycles. The monoisotopic (exact) mass is 622 g/mol. The van der Waals surface area contributed by atoms with Crippen LogP contribution in [0.3, 0.4) is 0 Å². The van der Waals surface area contributed by atoms with Crippen molar-refractivity contribution in [3.8, 4) is 17.5 Å². The molecule has 1 unspecified atom stereocenters. The number of aromatic nitrogens is 4. The van der Waals surface area contributed by atoms with Gasteiger partial charge in [-0.05, 0) is 59.9 Å². The third-order valence-corrected chi connectivity index (χ3v) is 10.1. The van der Waals surface area contributed by atoms with Gasteiger partial charge in [0, 0.05) is 6.04 Å². The summed E-state index contributed by atoms with van der Waals surface area (Å²) >= 11 is 0. The van der Waals surface area contributed by atoms with Gasteiger partial charge in [0.05, 0.1) is 17.1 Å². The average Bonchev–Trinajstić information content (AvgIpc) is 3.49. The molecule has 2 bridgehead atoms. The fourth-order valence-electron chi connectivity index (χ4n) is 7.88. The lowest BCUT2D eigenvalue weighted by Gasteiger charge is -2.42. The van der Waals surface area contributed by atoms with E-state index in [4.69, 9.17) is 10.1 Å². The van der Waals surface area contributed by atoms with Gasteiger partial charge in [0.15, 0.2) is 17.3 Å². The van der Waals surface area contributed by atoms with Gasteiger partial charge in [-0.3, -0.25) is 0 Å². The number of anilines is 1. The number of nitriles is 1. The fraction of sp³-hybridized carbons (Fsp3) is 0.231. The van der Waals surface area contributed by atoms with Crippen LogP contribution in [-0.4, -0.2) is 25.8 Å². The van der Waals surface area contributed by atoms with Crippen molar-refractivity contribution in [2.75, 3.05) is 5.32 Å². The van der Waals surface area contributed by atoms with Gasteiger partial charge in [0.25, 0.3) is 0 Å². The zero-order valence-electron chi connectivity index (χ0n) is 25.7. The van der Waals surface area contributed by atoms with Gasteiger partial charge in [-0.1, -0.05) is 104 Å². The van der Waals surface area contributed by atoms with Crippen molar-refractivity contribution in [3.63, 3.8) is 0 Å². The Balaban J connectivity index is 1.40. The molecule has 1 atom stereocenters. The molecule has 3 saturated carbocycles. The maximum Gasteiger partial charge on any atom is 0.166 e. The number of nitrogens with one attached hydrogen (secondary N) is 1. The number of halogens is 2. The summed E-state index contributed by atoms with van der Waals surface area (Å²) in [6.45, 7) is 0. The standard InChI is InChI=1S/C39H32F2N6/c40-31-22-32-36(35-27(23-42)21-33(41)37(45-35)44-34-20-25-16-18-26(34)19-17-25)46-47(38(32)43-24-31)39(28-10-4-1-5-11-28,29-12-6-2-7-13-29)30-14-8-3-9-15-30/h1-15,21-22,24-26,34H,16-20H2,(H,44,45). The maximum absolute atomic E-state index is 15.6. The molecule has 0 spiro atoms. The van der Waals surface area contributed by atoms with Gasteiger partial charge < -0.3 is 5.32 Å². The molecule has 6 nitrogen and oxygen atoms in total. The molecular weight excluding hydrogens is 590 g/mol. The lowest BCUT2D eigenvalue weighted by Crippen LogP contribution is -2.40. The third-order valence-electron chi connectivity index (χ3n) is 10.1. The molecule has 47 heavy (non-hydrogen) atoms. The number of hydrogen-bond donors (Lipinski definition) is 1. The summed E-state index contributed by atoms with van der Waals surface area (Å²) in [5.74, 6) is 0.0346. The van der Waals surface area contributed by atoms with Crippen molar-refractivity contribution in [1.29, 1.82) is 5.26 Å². The Morgan fingerprint density at radius 3 is 1.91 bits per heavy atom. The summed E-state index contributed by atoms with van der Waals surface area (Å²) in [6.07, 6.45) is 6.81. The van der Waals surface area contributed by atoms with Crippen molar-refractivity contribution < 1.29 is 8.78 Å². The summed E-state index contributed by atoms with van der Waals surface area (Å²) in [7, 11) is 0. The van der Waals surface area contributed by atoms with Crippen molar-refractivity contribution >= 4 is 16.9 Å². The van der Waals surface area contributed by atoms with Crippen LogP contribution in [0.4, 0.5) is 14.6 Å². The van der Waals surface area contributed by atoms with E-state index in [-0.39, 0.29) is 28.8 Å². The Labute approximate surface area is 271 Å². The van der Waals surface area contributed by atoms with Gasteiger partial charge in [0.1, 0.15) is 28.8 Å². The summed E-state index contributed by atoms with van der Waals surface area (Å²) in [5.41, 5.74) is 2.50. The number of rotatable bonds is 7. The van der Waals surface area contributed by atoms with Crippen LogP contribution in [0.1, 0.15) is 54.4 Å². The van der Waals surface area contributed by atoms with Crippen LogP contribution in [-0.2, 0) is 5.54 Å². The zero-order valence-corrected chi connectivity index (χ0v) is 25.7. The number of hydrogen-bond acceptors (Lipinski definition) is 5. The minimum Gasteiger partial charge on any atom is -0.365 e. The van der Waals surface area contributed by atoms with Gasteiger partial charge in [-0.25, -0.2) is 23.4 Å². The quantitative estimate of drug-likeness (QED) is 0.181. The average molecular weight is 623 g/mol. The molecule has 0 saturated heterocycles. The lowest BCUT2D eigenvalue weighted by molar-refractivity contribution is 0.157. The van der Waals surface area contributed by atoms with E-state index in [9.17, 15) is 5.26 Å². The van der Waals surface area contributed by atoms with Crippen LogP contribution in [0.5, 0.6) is 0 Å². The highest BCUT2D eigenvalue weighted by molar-refractivity contribution is 5.92. The van der Waals surface area contributed by atoms with Crippen LogP contribution >= 0.6 is 0 Å². The largest absolute Gasteiger partial charge is 0.365 e. The molecule has 6 aromatic rings. The molecule has 0 amide bonds. The van der Waals surface area contributed by atoms with E-state index in [1.54, 1.807) is 4.68 Å². The molecular formula is C39H32F2N6. The van der Waals surface area contributed by atoms with Crippen LogP contribution in [0, 0.1) is 34.8 Å². The van der Waals surface area contributed by atoms with Crippen molar-refractivity contribution in [3.05, 3.63) is 143 Å². The van der Waals surface area contributed by atoms with Crippen LogP contribution < -0.4 is 5.32 Å². The molecule has 3 aromatic heterocycles. The van der Waals surface area contributed by atoms with E-state index in [0.29, 0.717) is 22.9 Å². The molecule has 3 aromatic carbocycles. The van der Waals surface area contributed by atoms with Crippen molar-refractivity contribution in [2.24, 2.45) is 11.8 Å².